The van der Waals surface area contributed by atoms with Crippen molar-refractivity contribution in [2.24, 2.45) is 0 Å². The van der Waals surface area contributed by atoms with Gasteiger partial charge in [0.05, 0.1) is 22.5 Å². The van der Waals surface area contributed by atoms with Crippen LogP contribution in [0.5, 0.6) is 0 Å². The van der Waals surface area contributed by atoms with Crippen LogP contribution in [-0.4, -0.2) is 22.9 Å². The number of hydrogen-bond acceptors (Lipinski definition) is 5. The molecular formula is C23H20F3N5O. The fourth-order valence-electron chi connectivity index (χ4n) is 3.61. The van der Waals surface area contributed by atoms with Gasteiger partial charge < -0.3 is 16.0 Å². The summed E-state index contributed by atoms with van der Waals surface area (Å²) in [4.78, 5) is 19.9. The first-order valence-electron chi connectivity index (χ1n) is 9.80. The molecular weight excluding hydrogens is 419 g/mol. The number of hydrogen-bond donors (Lipinski definition) is 3. The fraction of sp³-hybridized carbons (Fsp3) is 0.174. The SMILES string of the molecule is C=C1Cc2ccc(Nc3cc(Nc4ccncc4C(=O)NC)c(C(F)(F)F)cn3)cc2C1. The van der Waals surface area contributed by atoms with Crippen molar-refractivity contribution in [3.05, 3.63) is 83.3 Å². The molecule has 0 atom stereocenters. The minimum absolute atomic E-state index is 0.119. The van der Waals surface area contributed by atoms with Crippen LogP contribution in [0.15, 0.2) is 61.1 Å². The maximum absolute atomic E-state index is 13.6. The van der Waals surface area contributed by atoms with Crippen molar-refractivity contribution < 1.29 is 18.0 Å². The standard InChI is InChI=1S/C23H20F3N5O/c1-13-7-14-3-4-16(9-15(14)8-13)30-21-10-20(18(12-29-21)23(24,25)26)31-19-5-6-28-11-17(19)22(32)27-2/h3-6,9-12H,1,7-8H2,2H3,(H,27,32)(H2,28,29,30,31). The van der Waals surface area contributed by atoms with Crippen LogP contribution in [0.2, 0.25) is 0 Å². The van der Waals surface area contributed by atoms with E-state index in [0.717, 1.165) is 30.2 Å². The Morgan fingerprint density at radius 3 is 2.56 bits per heavy atom. The molecule has 2 heterocycles. The van der Waals surface area contributed by atoms with E-state index in [0.29, 0.717) is 5.69 Å². The van der Waals surface area contributed by atoms with Gasteiger partial charge in [-0.3, -0.25) is 9.78 Å². The van der Waals surface area contributed by atoms with Gasteiger partial charge in [-0.25, -0.2) is 4.98 Å². The molecule has 0 saturated carbocycles. The third-order valence-corrected chi connectivity index (χ3v) is 5.13. The molecule has 1 aromatic carbocycles. The maximum Gasteiger partial charge on any atom is 0.419 e. The van der Waals surface area contributed by atoms with E-state index in [1.54, 1.807) is 0 Å². The highest BCUT2D eigenvalue weighted by molar-refractivity contribution is 5.99. The van der Waals surface area contributed by atoms with Crippen molar-refractivity contribution in [3.63, 3.8) is 0 Å². The summed E-state index contributed by atoms with van der Waals surface area (Å²) in [5.74, 6) is -0.242. The van der Waals surface area contributed by atoms with E-state index in [1.807, 2.05) is 18.2 Å². The van der Waals surface area contributed by atoms with Crippen LogP contribution in [0.25, 0.3) is 0 Å². The molecule has 0 aliphatic heterocycles. The molecule has 0 saturated heterocycles. The molecule has 0 spiro atoms. The molecule has 32 heavy (non-hydrogen) atoms. The van der Waals surface area contributed by atoms with Crippen LogP contribution < -0.4 is 16.0 Å². The normalized spacial score (nSPS) is 12.9. The lowest BCUT2D eigenvalue weighted by atomic mass is 10.1. The molecule has 0 unspecified atom stereocenters. The third kappa shape index (κ3) is 4.41. The second-order valence-electron chi connectivity index (χ2n) is 7.45. The Morgan fingerprint density at radius 2 is 1.81 bits per heavy atom. The predicted molar refractivity (Wildman–Crippen MR) is 116 cm³/mol. The quantitative estimate of drug-likeness (QED) is 0.488. The fourth-order valence-corrected chi connectivity index (χ4v) is 3.61. The lowest BCUT2D eigenvalue weighted by Gasteiger charge is -2.17. The van der Waals surface area contributed by atoms with E-state index < -0.39 is 17.6 Å². The number of carbonyl (C=O) groups is 1. The third-order valence-electron chi connectivity index (χ3n) is 5.13. The molecule has 4 rings (SSSR count). The van der Waals surface area contributed by atoms with E-state index in [2.05, 4.69) is 32.5 Å². The molecule has 0 bridgehead atoms. The number of amides is 1. The minimum Gasteiger partial charge on any atom is -0.355 e. The van der Waals surface area contributed by atoms with E-state index in [1.165, 1.54) is 37.1 Å². The number of carbonyl (C=O) groups excluding carboxylic acids is 1. The summed E-state index contributed by atoms with van der Waals surface area (Å²) in [5, 5.41) is 8.23. The average molecular weight is 439 g/mol. The lowest BCUT2D eigenvalue weighted by Crippen LogP contribution is -2.19. The molecule has 6 nitrogen and oxygen atoms in total. The highest BCUT2D eigenvalue weighted by atomic mass is 19.4. The number of fused-ring (bicyclic) bond motifs is 1. The minimum atomic E-state index is -4.64. The zero-order valence-corrected chi connectivity index (χ0v) is 17.2. The van der Waals surface area contributed by atoms with Crippen molar-refractivity contribution in [1.82, 2.24) is 15.3 Å². The van der Waals surface area contributed by atoms with Gasteiger partial charge in [0.1, 0.15) is 5.82 Å². The van der Waals surface area contributed by atoms with Gasteiger partial charge in [-0.2, -0.15) is 13.2 Å². The zero-order valence-electron chi connectivity index (χ0n) is 17.2. The van der Waals surface area contributed by atoms with Gasteiger partial charge in [-0.05, 0) is 42.2 Å². The van der Waals surface area contributed by atoms with Crippen LogP contribution in [-0.2, 0) is 19.0 Å². The molecule has 164 valence electrons. The Bertz CT molecular complexity index is 1210. The maximum atomic E-state index is 13.6. The number of rotatable bonds is 5. The van der Waals surface area contributed by atoms with Crippen molar-refractivity contribution in [1.29, 1.82) is 0 Å². The average Bonchev–Trinajstić information content (AvgIpc) is 3.12. The largest absolute Gasteiger partial charge is 0.419 e. The van der Waals surface area contributed by atoms with E-state index in [9.17, 15) is 18.0 Å². The zero-order chi connectivity index (χ0) is 22.9. The first kappa shape index (κ1) is 21.4. The Hall–Kier alpha value is -3.88. The molecule has 3 N–H and O–H groups in total. The molecule has 3 aromatic rings. The van der Waals surface area contributed by atoms with Crippen LogP contribution in [0.1, 0.15) is 27.0 Å². The van der Waals surface area contributed by atoms with E-state index >= 15 is 0 Å². The van der Waals surface area contributed by atoms with Gasteiger partial charge in [0, 0.05) is 37.4 Å². The van der Waals surface area contributed by atoms with Crippen LogP contribution >= 0.6 is 0 Å². The Labute approximate surface area is 182 Å². The summed E-state index contributed by atoms with van der Waals surface area (Å²) in [6, 6.07) is 8.49. The Morgan fingerprint density at radius 1 is 1.03 bits per heavy atom. The van der Waals surface area contributed by atoms with Crippen molar-refractivity contribution in [2.75, 3.05) is 17.7 Å². The van der Waals surface area contributed by atoms with Crippen LogP contribution in [0.3, 0.4) is 0 Å². The highest BCUT2D eigenvalue weighted by Crippen LogP contribution is 2.38. The van der Waals surface area contributed by atoms with Crippen molar-refractivity contribution in [2.45, 2.75) is 19.0 Å². The molecule has 1 aliphatic rings. The summed E-state index contributed by atoms with van der Waals surface area (Å²) >= 11 is 0. The van der Waals surface area contributed by atoms with Gasteiger partial charge in [0.15, 0.2) is 0 Å². The summed E-state index contributed by atoms with van der Waals surface area (Å²) in [6.07, 6.45) is 0.418. The number of halogens is 3. The van der Waals surface area contributed by atoms with Gasteiger partial charge >= 0.3 is 6.18 Å². The molecule has 2 aromatic heterocycles. The number of nitrogens with one attached hydrogen (secondary N) is 3. The molecule has 9 heteroatoms. The van der Waals surface area contributed by atoms with Gasteiger partial charge in [0.2, 0.25) is 0 Å². The van der Waals surface area contributed by atoms with Gasteiger partial charge in [0.25, 0.3) is 5.91 Å². The number of nitrogens with zero attached hydrogens (tertiary/aromatic N) is 2. The number of aromatic nitrogens is 2. The molecule has 0 radical (unpaired) electrons. The lowest BCUT2D eigenvalue weighted by molar-refractivity contribution is -0.137. The van der Waals surface area contributed by atoms with Gasteiger partial charge in [-0.1, -0.05) is 18.2 Å². The number of anilines is 4. The van der Waals surface area contributed by atoms with Crippen LogP contribution in [0.4, 0.5) is 36.1 Å². The Kier molecular flexibility index (Phi) is 5.56. The monoisotopic (exact) mass is 439 g/mol. The van der Waals surface area contributed by atoms with E-state index in [4.69, 9.17) is 0 Å². The van der Waals surface area contributed by atoms with Crippen molar-refractivity contribution in [3.8, 4) is 0 Å². The first-order valence-corrected chi connectivity index (χ1v) is 9.80. The summed E-state index contributed by atoms with van der Waals surface area (Å²) < 4.78 is 40.9. The smallest absolute Gasteiger partial charge is 0.355 e. The summed E-state index contributed by atoms with van der Waals surface area (Å²) in [5.41, 5.74) is 3.30. The summed E-state index contributed by atoms with van der Waals surface area (Å²) in [6.45, 7) is 4.01. The molecule has 0 fully saturated rings. The first-order chi connectivity index (χ1) is 15.2. The number of pyridine rings is 2. The second kappa shape index (κ2) is 8.33. The topological polar surface area (TPSA) is 78.9 Å². The number of benzene rings is 1. The number of alkyl halides is 3. The van der Waals surface area contributed by atoms with E-state index in [-0.39, 0.29) is 22.8 Å². The summed E-state index contributed by atoms with van der Waals surface area (Å²) in [7, 11) is 1.43. The molecule has 1 aliphatic carbocycles. The van der Waals surface area contributed by atoms with Crippen molar-refractivity contribution >= 4 is 28.8 Å². The molecule has 1 amide bonds. The predicted octanol–water partition coefficient (Wildman–Crippen LogP) is 5.00. The van der Waals surface area contributed by atoms with Crippen LogP contribution in [0, 0.1) is 0 Å². The second-order valence-corrected chi connectivity index (χ2v) is 7.45. The number of allylic oxidation sites excluding steroid dienone is 1. The highest BCUT2D eigenvalue weighted by Gasteiger charge is 2.34. The Balaban J connectivity index is 1.68. The van der Waals surface area contributed by atoms with Gasteiger partial charge in [-0.15, -0.1) is 0 Å².